The fraction of sp³-hybridized carbons (Fsp3) is 0.950. The first-order chi connectivity index (χ1) is 22.0. The summed E-state index contributed by atoms with van der Waals surface area (Å²) in [4.78, 5) is 0. The SMILES string of the molecule is CCCCCCCCCCCCCCCCCCCC/C=C/C(CCCCCCCCCCCCCCCC)COS(=O)(=O)[O-].[Na+]. The summed E-state index contributed by atoms with van der Waals surface area (Å²) in [5, 5.41) is 0. The Bertz CT molecular complexity index is 697. The Morgan fingerprint density at radius 2 is 0.761 bits per heavy atom. The van der Waals surface area contributed by atoms with Gasteiger partial charge in [-0.1, -0.05) is 225 Å². The van der Waals surface area contributed by atoms with Crippen molar-refractivity contribution in [1.82, 2.24) is 0 Å². The van der Waals surface area contributed by atoms with E-state index in [9.17, 15) is 13.0 Å². The molecule has 0 saturated carbocycles. The van der Waals surface area contributed by atoms with E-state index in [4.69, 9.17) is 0 Å². The maximum atomic E-state index is 11.0. The van der Waals surface area contributed by atoms with Crippen molar-refractivity contribution < 1.29 is 46.7 Å². The Balaban J connectivity index is 0. The summed E-state index contributed by atoms with van der Waals surface area (Å²) in [6, 6.07) is 0. The maximum Gasteiger partial charge on any atom is 1.00 e. The van der Waals surface area contributed by atoms with Crippen molar-refractivity contribution in [3.8, 4) is 0 Å². The van der Waals surface area contributed by atoms with Crippen LogP contribution in [0, 0.1) is 5.92 Å². The summed E-state index contributed by atoms with van der Waals surface area (Å²) >= 11 is 0. The van der Waals surface area contributed by atoms with Gasteiger partial charge in [-0.25, -0.2) is 8.42 Å². The van der Waals surface area contributed by atoms with Gasteiger partial charge in [0, 0.05) is 5.92 Å². The Hall–Kier alpha value is 0.610. The monoisotopic (exact) mass is 679 g/mol. The molecule has 0 bridgehead atoms. The second-order valence-electron chi connectivity index (χ2n) is 14.1. The van der Waals surface area contributed by atoms with Crippen molar-refractivity contribution >= 4 is 10.4 Å². The van der Waals surface area contributed by atoms with Gasteiger partial charge in [0.25, 0.3) is 0 Å². The summed E-state index contributed by atoms with van der Waals surface area (Å²) in [5.41, 5.74) is 0. The molecule has 0 aliphatic carbocycles. The van der Waals surface area contributed by atoms with Crippen LogP contribution in [0.2, 0.25) is 0 Å². The molecule has 0 aromatic rings. The standard InChI is InChI=1S/C40H80O4S.Na/c1-3-5-7-9-11-13-15-17-19-20-21-22-23-24-26-28-30-32-34-36-38-40(39-44-45(41,42)43)37-35-33-31-29-27-25-18-16-14-12-10-8-6-4-2;/h36,38,40H,3-35,37,39H2,1-2H3,(H,41,42,43);/q;+1/p-1/b38-36+;. The van der Waals surface area contributed by atoms with Gasteiger partial charge in [-0.05, 0) is 19.3 Å². The number of hydrogen-bond acceptors (Lipinski definition) is 4. The molecule has 0 aromatic heterocycles. The van der Waals surface area contributed by atoms with E-state index in [1.807, 2.05) is 0 Å². The first-order valence-electron chi connectivity index (χ1n) is 20.3. The van der Waals surface area contributed by atoms with Crippen molar-refractivity contribution in [2.24, 2.45) is 5.92 Å². The molecule has 46 heavy (non-hydrogen) atoms. The third kappa shape index (κ3) is 42.6. The van der Waals surface area contributed by atoms with Crippen LogP contribution in [-0.2, 0) is 14.6 Å². The maximum absolute atomic E-state index is 11.0. The molecule has 0 aliphatic heterocycles. The van der Waals surface area contributed by atoms with Gasteiger partial charge in [0.2, 0.25) is 10.4 Å². The Kier molecular flexibility index (Phi) is 42.4. The number of allylic oxidation sites excluding steroid dienone is 1. The van der Waals surface area contributed by atoms with E-state index in [2.05, 4.69) is 30.2 Å². The minimum Gasteiger partial charge on any atom is -0.726 e. The van der Waals surface area contributed by atoms with Crippen molar-refractivity contribution in [2.45, 2.75) is 232 Å². The Morgan fingerprint density at radius 3 is 1.07 bits per heavy atom. The van der Waals surface area contributed by atoms with Gasteiger partial charge in [0.15, 0.2) is 0 Å². The quantitative estimate of drug-likeness (QED) is 0.0214. The van der Waals surface area contributed by atoms with Gasteiger partial charge in [0.05, 0.1) is 6.61 Å². The molecule has 0 radical (unpaired) electrons. The normalized spacial score (nSPS) is 12.6. The third-order valence-corrected chi connectivity index (χ3v) is 9.91. The number of unbranched alkanes of at least 4 members (excludes halogenated alkanes) is 31. The minimum absolute atomic E-state index is 0. The van der Waals surface area contributed by atoms with Crippen LogP contribution in [0.3, 0.4) is 0 Å². The second kappa shape index (κ2) is 40.0. The van der Waals surface area contributed by atoms with Crippen LogP contribution >= 0.6 is 0 Å². The largest absolute Gasteiger partial charge is 1.00 e. The average molecular weight is 679 g/mol. The molecule has 6 heteroatoms. The zero-order valence-corrected chi connectivity index (χ0v) is 34.3. The van der Waals surface area contributed by atoms with Crippen molar-refractivity contribution in [2.75, 3.05) is 6.61 Å². The first kappa shape index (κ1) is 48.7. The molecule has 1 atom stereocenters. The van der Waals surface area contributed by atoms with E-state index in [1.54, 1.807) is 0 Å². The van der Waals surface area contributed by atoms with Crippen LogP contribution in [0.5, 0.6) is 0 Å². The molecule has 270 valence electrons. The van der Waals surface area contributed by atoms with Crippen molar-refractivity contribution in [3.05, 3.63) is 12.2 Å². The van der Waals surface area contributed by atoms with Crippen LogP contribution in [0.25, 0.3) is 0 Å². The summed E-state index contributed by atoms with van der Waals surface area (Å²) in [6.07, 6.45) is 49.7. The summed E-state index contributed by atoms with van der Waals surface area (Å²) < 4.78 is 37.6. The van der Waals surface area contributed by atoms with E-state index in [0.717, 1.165) is 19.3 Å². The van der Waals surface area contributed by atoms with Crippen molar-refractivity contribution in [1.29, 1.82) is 0 Å². The molecule has 4 nitrogen and oxygen atoms in total. The molecule has 0 heterocycles. The van der Waals surface area contributed by atoms with E-state index in [-0.39, 0.29) is 42.1 Å². The van der Waals surface area contributed by atoms with E-state index < -0.39 is 10.4 Å². The first-order valence-corrected chi connectivity index (χ1v) is 21.6. The fourth-order valence-electron chi connectivity index (χ4n) is 6.46. The predicted octanol–water partition coefficient (Wildman–Crippen LogP) is 10.9. The van der Waals surface area contributed by atoms with Crippen LogP contribution in [0.1, 0.15) is 232 Å². The van der Waals surface area contributed by atoms with Gasteiger partial charge in [-0.15, -0.1) is 0 Å². The average Bonchev–Trinajstić information content (AvgIpc) is 3.02. The molecule has 0 rings (SSSR count). The molecule has 0 aromatic carbocycles. The van der Waals surface area contributed by atoms with Crippen LogP contribution in [-0.4, -0.2) is 19.6 Å². The molecule has 0 amide bonds. The van der Waals surface area contributed by atoms with Gasteiger partial charge in [-0.2, -0.15) is 0 Å². The van der Waals surface area contributed by atoms with Crippen LogP contribution in [0.15, 0.2) is 12.2 Å². The molecule has 0 saturated heterocycles. The molecular formula is C40H79NaO4S. The van der Waals surface area contributed by atoms with E-state index in [1.165, 1.54) is 199 Å². The molecule has 0 fully saturated rings. The van der Waals surface area contributed by atoms with E-state index in [0.29, 0.717) is 0 Å². The van der Waals surface area contributed by atoms with Gasteiger partial charge in [-0.3, -0.25) is 4.18 Å². The zero-order chi connectivity index (χ0) is 32.9. The fourth-order valence-corrected chi connectivity index (χ4v) is 6.80. The van der Waals surface area contributed by atoms with Gasteiger partial charge in [0.1, 0.15) is 0 Å². The minimum atomic E-state index is -4.63. The van der Waals surface area contributed by atoms with Gasteiger partial charge < -0.3 is 4.55 Å². The van der Waals surface area contributed by atoms with Crippen LogP contribution < -0.4 is 29.6 Å². The molecule has 0 N–H and O–H groups in total. The molecule has 0 spiro atoms. The van der Waals surface area contributed by atoms with Crippen molar-refractivity contribution in [3.63, 3.8) is 0 Å². The summed E-state index contributed by atoms with van der Waals surface area (Å²) in [7, 11) is -4.63. The van der Waals surface area contributed by atoms with Gasteiger partial charge >= 0.3 is 29.6 Å². The summed E-state index contributed by atoms with van der Waals surface area (Å²) in [5.74, 6) is 0.0154. The Morgan fingerprint density at radius 1 is 0.478 bits per heavy atom. The third-order valence-electron chi connectivity index (χ3n) is 9.49. The molecule has 1 unspecified atom stereocenters. The smallest absolute Gasteiger partial charge is 0.726 e. The predicted molar refractivity (Wildman–Crippen MR) is 197 cm³/mol. The topological polar surface area (TPSA) is 66.4 Å². The Labute approximate surface area is 312 Å². The summed E-state index contributed by atoms with van der Waals surface area (Å²) in [6.45, 7) is 4.55. The zero-order valence-electron chi connectivity index (χ0n) is 31.5. The number of hydrogen-bond donors (Lipinski definition) is 0. The molecule has 0 aliphatic rings. The van der Waals surface area contributed by atoms with E-state index >= 15 is 0 Å². The molecular weight excluding hydrogens is 599 g/mol. The second-order valence-corrected chi connectivity index (χ2v) is 15.1. The number of rotatable bonds is 38. The van der Waals surface area contributed by atoms with Crippen LogP contribution in [0.4, 0.5) is 0 Å².